The number of hydrogen-bond acceptors (Lipinski definition) is 4. The number of nitrogens with zero attached hydrogens (tertiary/aromatic N) is 1. The third-order valence-electron chi connectivity index (χ3n) is 3.51. The molecule has 98 valence electrons. The van der Waals surface area contributed by atoms with Gasteiger partial charge >= 0.3 is 0 Å². The smallest absolute Gasteiger partial charge is 0.187 e. The average molecular weight is 276 g/mol. The van der Waals surface area contributed by atoms with Gasteiger partial charge in [0, 0.05) is 17.4 Å². The molecular formula is C13H13FN4S. The van der Waals surface area contributed by atoms with Crippen LogP contribution in [0.25, 0.3) is 10.9 Å². The number of nitrogens with one attached hydrogen (secondary N) is 3. The molecule has 2 aromatic rings. The lowest BCUT2D eigenvalue weighted by Crippen LogP contribution is -2.53. The van der Waals surface area contributed by atoms with Crippen molar-refractivity contribution in [1.29, 1.82) is 5.26 Å². The summed E-state index contributed by atoms with van der Waals surface area (Å²) >= 11 is 1.51. The molecule has 1 atom stereocenters. The first-order chi connectivity index (χ1) is 9.20. The molecule has 0 bridgehead atoms. The lowest BCUT2D eigenvalue weighted by molar-refractivity contribution is 0.416. The van der Waals surface area contributed by atoms with Gasteiger partial charge in [0.15, 0.2) is 11.2 Å². The number of nitriles is 1. The van der Waals surface area contributed by atoms with Crippen LogP contribution in [-0.4, -0.2) is 17.8 Å². The van der Waals surface area contributed by atoms with Crippen molar-refractivity contribution in [2.75, 3.05) is 12.8 Å². The van der Waals surface area contributed by atoms with E-state index in [1.54, 1.807) is 12.1 Å². The van der Waals surface area contributed by atoms with Gasteiger partial charge < -0.3 is 4.98 Å². The summed E-state index contributed by atoms with van der Waals surface area (Å²) in [5.41, 5.74) is 2.88. The topological polar surface area (TPSA) is 63.6 Å². The molecule has 1 unspecified atom stereocenters. The van der Waals surface area contributed by atoms with Crippen LogP contribution in [0, 0.1) is 17.3 Å². The van der Waals surface area contributed by atoms with Crippen molar-refractivity contribution in [3.63, 3.8) is 0 Å². The van der Waals surface area contributed by atoms with Gasteiger partial charge in [-0.25, -0.2) is 4.39 Å². The molecule has 0 aliphatic carbocycles. The molecule has 0 radical (unpaired) electrons. The highest BCUT2D eigenvalue weighted by Gasteiger charge is 2.38. The Labute approximate surface area is 114 Å². The largest absolute Gasteiger partial charge is 0.354 e. The highest BCUT2D eigenvalue weighted by molar-refractivity contribution is 7.99. The number of thioether (sulfide) groups is 1. The van der Waals surface area contributed by atoms with Crippen LogP contribution in [0.3, 0.4) is 0 Å². The number of benzene rings is 1. The first-order valence-electron chi connectivity index (χ1n) is 5.97. The highest BCUT2D eigenvalue weighted by atomic mass is 32.2. The molecule has 3 N–H and O–H groups in total. The van der Waals surface area contributed by atoms with Gasteiger partial charge in [-0.3, -0.25) is 10.6 Å². The van der Waals surface area contributed by atoms with Crippen LogP contribution in [0.15, 0.2) is 18.2 Å². The summed E-state index contributed by atoms with van der Waals surface area (Å²) < 4.78 is 13.4. The summed E-state index contributed by atoms with van der Waals surface area (Å²) in [6.45, 7) is 0.742. The molecule has 0 saturated heterocycles. The van der Waals surface area contributed by atoms with Gasteiger partial charge in [0.25, 0.3) is 0 Å². The molecule has 1 aromatic carbocycles. The van der Waals surface area contributed by atoms with Crippen LogP contribution < -0.4 is 10.6 Å². The van der Waals surface area contributed by atoms with E-state index in [2.05, 4.69) is 15.6 Å². The van der Waals surface area contributed by atoms with Crippen molar-refractivity contribution < 1.29 is 4.39 Å². The third-order valence-corrected chi connectivity index (χ3v) is 4.57. The minimum Gasteiger partial charge on any atom is -0.354 e. The van der Waals surface area contributed by atoms with Gasteiger partial charge in [0.05, 0.1) is 5.69 Å². The molecule has 4 nitrogen and oxygen atoms in total. The van der Waals surface area contributed by atoms with Crippen LogP contribution in [0.4, 0.5) is 4.39 Å². The zero-order valence-electron chi connectivity index (χ0n) is 10.4. The molecule has 2 heterocycles. The van der Waals surface area contributed by atoms with Crippen LogP contribution in [0.5, 0.6) is 0 Å². The summed E-state index contributed by atoms with van der Waals surface area (Å²) in [4.78, 5) is 2.65. The second-order valence-electron chi connectivity index (χ2n) is 4.47. The second kappa shape index (κ2) is 4.44. The zero-order chi connectivity index (χ0) is 13.5. The minimum atomic E-state index is -0.655. The maximum Gasteiger partial charge on any atom is 0.187 e. The Balaban J connectivity index is 2.25. The molecular weight excluding hydrogens is 263 g/mol. The molecule has 6 heteroatoms. The van der Waals surface area contributed by atoms with Crippen molar-refractivity contribution in [2.45, 2.75) is 11.4 Å². The van der Waals surface area contributed by atoms with Gasteiger partial charge in [-0.1, -0.05) is 0 Å². The van der Waals surface area contributed by atoms with Crippen molar-refractivity contribution in [3.8, 4) is 6.19 Å². The van der Waals surface area contributed by atoms with E-state index in [4.69, 9.17) is 5.26 Å². The number of fused-ring (bicyclic) bond motifs is 3. The first-order valence-corrected chi connectivity index (χ1v) is 7.19. The highest BCUT2D eigenvalue weighted by Crippen LogP contribution is 2.37. The summed E-state index contributed by atoms with van der Waals surface area (Å²) in [7, 11) is 0. The fourth-order valence-electron chi connectivity index (χ4n) is 2.64. The van der Waals surface area contributed by atoms with Gasteiger partial charge in [-0.05, 0) is 36.4 Å². The fourth-order valence-corrected chi connectivity index (χ4v) is 3.42. The second-order valence-corrected chi connectivity index (χ2v) is 5.49. The summed E-state index contributed by atoms with van der Waals surface area (Å²) in [5.74, 6) is -0.240. The monoisotopic (exact) mass is 276 g/mol. The lowest BCUT2D eigenvalue weighted by atomic mass is 10.0. The van der Waals surface area contributed by atoms with E-state index >= 15 is 0 Å². The Bertz CT molecular complexity index is 675. The van der Waals surface area contributed by atoms with E-state index in [1.807, 2.05) is 12.4 Å². The molecule has 0 saturated carbocycles. The molecule has 0 fully saturated rings. The van der Waals surface area contributed by atoms with Crippen molar-refractivity contribution >= 4 is 22.7 Å². The molecule has 1 aliphatic heterocycles. The van der Waals surface area contributed by atoms with E-state index in [-0.39, 0.29) is 5.82 Å². The Morgan fingerprint density at radius 1 is 1.53 bits per heavy atom. The third kappa shape index (κ3) is 1.78. The number of aromatic amines is 1. The van der Waals surface area contributed by atoms with Gasteiger partial charge in [-0.2, -0.15) is 5.26 Å². The first kappa shape index (κ1) is 12.3. The molecule has 19 heavy (non-hydrogen) atoms. The van der Waals surface area contributed by atoms with E-state index in [1.165, 1.54) is 17.8 Å². The Hall–Kier alpha value is -1.71. The number of hydrogen-bond donors (Lipinski definition) is 3. The van der Waals surface area contributed by atoms with E-state index in [0.717, 1.165) is 35.1 Å². The van der Waals surface area contributed by atoms with Crippen LogP contribution in [0.2, 0.25) is 0 Å². The van der Waals surface area contributed by atoms with Gasteiger partial charge in [0.1, 0.15) is 5.82 Å². The molecule has 1 aliphatic rings. The average Bonchev–Trinajstić information content (AvgIpc) is 2.78. The van der Waals surface area contributed by atoms with Crippen molar-refractivity contribution in [1.82, 2.24) is 15.6 Å². The summed E-state index contributed by atoms with van der Waals surface area (Å²) in [6.07, 6.45) is 4.74. The van der Waals surface area contributed by atoms with E-state index < -0.39 is 4.99 Å². The van der Waals surface area contributed by atoms with Crippen LogP contribution in [-0.2, 0) is 11.4 Å². The quantitative estimate of drug-likeness (QED) is 0.446. The molecule has 1 aromatic heterocycles. The molecule has 0 spiro atoms. The maximum absolute atomic E-state index is 13.4. The van der Waals surface area contributed by atoms with E-state index in [0.29, 0.717) is 0 Å². The fraction of sp³-hybridized carbons (Fsp3) is 0.308. The number of H-pyrrole nitrogens is 1. The van der Waals surface area contributed by atoms with Crippen LogP contribution in [0.1, 0.15) is 11.3 Å². The molecule has 0 amide bonds. The van der Waals surface area contributed by atoms with Crippen molar-refractivity contribution in [3.05, 3.63) is 35.3 Å². The van der Waals surface area contributed by atoms with Gasteiger partial charge in [-0.15, -0.1) is 11.8 Å². The maximum atomic E-state index is 13.4. The number of halogens is 1. The summed E-state index contributed by atoms with van der Waals surface area (Å²) in [6, 6.07) is 4.73. The van der Waals surface area contributed by atoms with Crippen molar-refractivity contribution in [2.24, 2.45) is 0 Å². The standard InChI is InChI=1S/C13H13FN4S/c1-19-13(17-7-15)12-9(4-5-16-13)10-6-8(14)2-3-11(10)18-12/h2-3,6,16-18H,4-5H2,1H3. The van der Waals surface area contributed by atoms with Crippen LogP contribution >= 0.6 is 11.8 Å². The van der Waals surface area contributed by atoms with Gasteiger partial charge in [0.2, 0.25) is 0 Å². The summed E-state index contributed by atoms with van der Waals surface area (Å²) in [5, 5.41) is 16.0. The number of rotatable bonds is 2. The SMILES string of the molecule is CSC1(NC#N)NCCc2c1[nH]c1ccc(F)cc21. The predicted octanol–water partition coefficient (Wildman–Crippen LogP) is 2.00. The Morgan fingerprint density at radius 2 is 2.37 bits per heavy atom. The normalized spacial score (nSPS) is 21.9. The molecule has 3 rings (SSSR count). The Kier molecular flexibility index (Phi) is 2.88. The van der Waals surface area contributed by atoms with E-state index in [9.17, 15) is 4.39 Å². The Morgan fingerprint density at radius 3 is 3.11 bits per heavy atom. The zero-order valence-corrected chi connectivity index (χ0v) is 11.2. The lowest BCUT2D eigenvalue weighted by Gasteiger charge is -2.35. The number of aromatic nitrogens is 1. The minimum absolute atomic E-state index is 0.240. The predicted molar refractivity (Wildman–Crippen MR) is 73.9 cm³/mol.